The van der Waals surface area contributed by atoms with Gasteiger partial charge in [0.15, 0.2) is 5.96 Å². The lowest BCUT2D eigenvalue weighted by Gasteiger charge is -2.48. The number of halogens is 1. The summed E-state index contributed by atoms with van der Waals surface area (Å²) in [5.74, 6) is 0.534. The second-order valence-corrected chi connectivity index (χ2v) is 6.56. The number of morpholine rings is 1. The van der Waals surface area contributed by atoms with Crippen LogP contribution in [0.5, 0.6) is 0 Å². The Kier molecular flexibility index (Phi) is 10.7. The predicted molar refractivity (Wildman–Crippen MR) is 110 cm³/mol. The number of esters is 1. The van der Waals surface area contributed by atoms with Crippen molar-refractivity contribution in [2.24, 2.45) is 4.99 Å². The molecule has 0 aromatic carbocycles. The molecule has 2 fully saturated rings. The van der Waals surface area contributed by atoms with Gasteiger partial charge in [-0.2, -0.15) is 0 Å². The van der Waals surface area contributed by atoms with Gasteiger partial charge in [0.2, 0.25) is 0 Å². The monoisotopic (exact) mass is 468 g/mol. The van der Waals surface area contributed by atoms with Gasteiger partial charge in [0, 0.05) is 38.8 Å². The molecule has 2 N–H and O–H groups in total. The number of aliphatic imine (C=N–C) groups is 1. The Hall–Kier alpha value is -0.610. The molecular formula is C17H33IN4O3. The molecule has 25 heavy (non-hydrogen) atoms. The van der Waals surface area contributed by atoms with E-state index in [0.717, 1.165) is 38.8 Å². The van der Waals surface area contributed by atoms with Crippen molar-refractivity contribution in [1.29, 1.82) is 0 Å². The van der Waals surface area contributed by atoms with Crippen molar-refractivity contribution in [3.05, 3.63) is 0 Å². The van der Waals surface area contributed by atoms with E-state index in [4.69, 9.17) is 4.74 Å². The number of nitrogens with one attached hydrogen (secondary N) is 2. The van der Waals surface area contributed by atoms with E-state index in [-0.39, 0.29) is 35.5 Å². The minimum Gasteiger partial charge on any atom is -0.469 e. The average molecular weight is 468 g/mol. The first-order chi connectivity index (χ1) is 11.7. The largest absolute Gasteiger partial charge is 0.469 e. The van der Waals surface area contributed by atoms with E-state index in [0.29, 0.717) is 13.0 Å². The predicted octanol–water partition coefficient (Wildman–Crippen LogP) is 1.37. The number of carbonyl (C=O) groups is 1. The molecule has 0 aromatic rings. The molecule has 0 aromatic heterocycles. The van der Waals surface area contributed by atoms with Crippen LogP contribution in [-0.4, -0.2) is 75.9 Å². The summed E-state index contributed by atoms with van der Waals surface area (Å²) in [4.78, 5) is 18.1. The molecule has 1 aliphatic heterocycles. The van der Waals surface area contributed by atoms with E-state index >= 15 is 0 Å². The highest BCUT2D eigenvalue weighted by molar-refractivity contribution is 14.0. The van der Waals surface area contributed by atoms with Crippen LogP contribution in [0, 0.1) is 0 Å². The van der Waals surface area contributed by atoms with Crippen LogP contribution >= 0.6 is 24.0 Å². The van der Waals surface area contributed by atoms with Gasteiger partial charge in [-0.1, -0.05) is 19.3 Å². The summed E-state index contributed by atoms with van der Waals surface area (Å²) in [6.45, 7) is 5.08. The molecule has 8 heteroatoms. The molecule has 0 radical (unpaired) electrons. The van der Waals surface area contributed by atoms with Crippen LogP contribution in [0.2, 0.25) is 0 Å². The smallest absolute Gasteiger partial charge is 0.307 e. The van der Waals surface area contributed by atoms with Gasteiger partial charge in [-0.05, 0) is 12.8 Å². The average Bonchev–Trinajstić information content (AvgIpc) is 2.65. The van der Waals surface area contributed by atoms with Gasteiger partial charge in [0.05, 0.1) is 26.7 Å². The maximum absolute atomic E-state index is 11.2. The fourth-order valence-electron chi connectivity index (χ4n) is 3.71. The second kappa shape index (κ2) is 11.9. The third-order valence-electron chi connectivity index (χ3n) is 5.12. The molecule has 1 saturated heterocycles. The second-order valence-electron chi connectivity index (χ2n) is 6.56. The van der Waals surface area contributed by atoms with Gasteiger partial charge in [0.1, 0.15) is 0 Å². The fraction of sp³-hybridized carbons (Fsp3) is 0.882. The maximum atomic E-state index is 11.2. The zero-order chi connectivity index (χ0) is 17.3. The number of ether oxygens (including phenoxy) is 2. The zero-order valence-electron chi connectivity index (χ0n) is 15.5. The fourth-order valence-corrected chi connectivity index (χ4v) is 3.71. The lowest BCUT2D eigenvalue weighted by atomic mass is 9.80. The van der Waals surface area contributed by atoms with Gasteiger partial charge >= 0.3 is 5.97 Å². The number of hydrogen-bond acceptors (Lipinski definition) is 5. The molecular weight excluding hydrogens is 435 g/mol. The molecule has 146 valence electrons. The maximum Gasteiger partial charge on any atom is 0.307 e. The first kappa shape index (κ1) is 22.4. The summed E-state index contributed by atoms with van der Waals surface area (Å²) in [5.41, 5.74) is 0.196. The highest BCUT2D eigenvalue weighted by Crippen LogP contribution is 2.33. The minimum atomic E-state index is -0.213. The molecule has 7 nitrogen and oxygen atoms in total. The van der Waals surface area contributed by atoms with Gasteiger partial charge in [-0.15, -0.1) is 24.0 Å². The number of carbonyl (C=O) groups excluding carboxylic acids is 1. The third-order valence-corrected chi connectivity index (χ3v) is 5.12. The van der Waals surface area contributed by atoms with Crippen molar-refractivity contribution in [2.45, 2.75) is 44.1 Å². The minimum absolute atomic E-state index is 0. The summed E-state index contributed by atoms with van der Waals surface area (Å²) in [6.07, 6.45) is 6.68. The van der Waals surface area contributed by atoms with Crippen molar-refractivity contribution < 1.29 is 14.3 Å². The van der Waals surface area contributed by atoms with Crippen LogP contribution in [-0.2, 0) is 14.3 Å². The van der Waals surface area contributed by atoms with E-state index in [9.17, 15) is 4.79 Å². The van der Waals surface area contributed by atoms with Crippen molar-refractivity contribution >= 4 is 35.9 Å². The Bertz CT molecular complexity index is 422. The van der Waals surface area contributed by atoms with Crippen molar-refractivity contribution in [2.75, 3.05) is 53.6 Å². The van der Waals surface area contributed by atoms with E-state index in [1.807, 2.05) is 0 Å². The van der Waals surface area contributed by atoms with E-state index in [1.54, 1.807) is 7.05 Å². The van der Waals surface area contributed by atoms with E-state index in [1.165, 1.54) is 39.2 Å². The molecule has 0 amide bonds. The number of guanidine groups is 1. The van der Waals surface area contributed by atoms with Crippen LogP contribution in [0.15, 0.2) is 4.99 Å². The highest BCUT2D eigenvalue weighted by atomic mass is 127. The molecule has 0 atom stereocenters. The summed E-state index contributed by atoms with van der Waals surface area (Å²) in [7, 11) is 3.17. The lowest BCUT2D eigenvalue weighted by molar-refractivity contribution is -0.140. The number of rotatable bonds is 6. The number of methoxy groups -OCH3 is 1. The SMILES string of the molecule is CN=C(NCCC(=O)OC)NCC1(N2CCOCC2)CCCCC1.I. The van der Waals surface area contributed by atoms with Crippen LogP contribution < -0.4 is 10.6 Å². The highest BCUT2D eigenvalue weighted by Gasteiger charge is 2.38. The lowest BCUT2D eigenvalue weighted by Crippen LogP contribution is -2.60. The van der Waals surface area contributed by atoms with Crippen LogP contribution in [0.1, 0.15) is 38.5 Å². The standard InChI is InChI=1S/C17H32N4O3.HI/c1-18-16(19-9-6-15(22)23-2)20-14-17(7-4-3-5-8-17)21-10-12-24-13-11-21;/h3-14H2,1-2H3,(H2,18,19,20);1H. The topological polar surface area (TPSA) is 75.2 Å². The zero-order valence-corrected chi connectivity index (χ0v) is 17.8. The van der Waals surface area contributed by atoms with Gasteiger partial charge < -0.3 is 20.1 Å². The van der Waals surface area contributed by atoms with Crippen LogP contribution in [0.4, 0.5) is 0 Å². The molecule has 1 aliphatic carbocycles. The quantitative estimate of drug-likeness (QED) is 0.266. The summed E-state index contributed by atoms with van der Waals surface area (Å²) < 4.78 is 10.2. The molecule has 2 rings (SSSR count). The Balaban J connectivity index is 0.00000312. The number of nitrogens with zero attached hydrogens (tertiary/aromatic N) is 2. The van der Waals surface area contributed by atoms with Crippen molar-refractivity contribution in [3.63, 3.8) is 0 Å². The van der Waals surface area contributed by atoms with E-state index in [2.05, 4.69) is 25.3 Å². The van der Waals surface area contributed by atoms with Gasteiger partial charge in [0.25, 0.3) is 0 Å². The third kappa shape index (κ3) is 6.90. The number of hydrogen-bond donors (Lipinski definition) is 2. The summed E-state index contributed by atoms with van der Waals surface area (Å²) in [5, 5.41) is 6.66. The van der Waals surface area contributed by atoms with Crippen LogP contribution in [0.25, 0.3) is 0 Å². The van der Waals surface area contributed by atoms with Crippen LogP contribution in [0.3, 0.4) is 0 Å². The van der Waals surface area contributed by atoms with Gasteiger partial charge in [-0.25, -0.2) is 0 Å². The molecule has 0 bridgehead atoms. The van der Waals surface area contributed by atoms with Crippen molar-refractivity contribution in [1.82, 2.24) is 15.5 Å². The first-order valence-corrected chi connectivity index (χ1v) is 9.04. The van der Waals surface area contributed by atoms with Gasteiger partial charge in [-0.3, -0.25) is 14.7 Å². The normalized spacial score (nSPS) is 21.1. The molecule has 0 spiro atoms. The molecule has 2 aliphatic rings. The van der Waals surface area contributed by atoms with E-state index < -0.39 is 0 Å². The summed E-state index contributed by atoms with van der Waals surface area (Å²) in [6, 6.07) is 0. The molecule has 1 saturated carbocycles. The Morgan fingerprint density at radius 3 is 2.48 bits per heavy atom. The molecule has 1 heterocycles. The first-order valence-electron chi connectivity index (χ1n) is 9.04. The Labute approximate surface area is 168 Å². The molecule has 0 unspecified atom stereocenters. The summed E-state index contributed by atoms with van der Waals surface area (Å²) >= 11 is 0. The Morgan fingerprint density at radius 1 is 1.20 bits per heavy atom. The Morgan fingerprint density at radius 2 is 1.88 bits per heavy atom. The van der Waals surface area contributed by atoms with Crippen molar-refractivity contribution in [3.8, 4) is 0 Å².